The van der Waals surface area contributed by atoms with Gasteiger partial charge >= 0.3 is 0 Å². The molecule has 3 atom stereocenters. The first-order valence-electron chi connectivity index (χ1n) is 7.13. The van der Waals surface area contributed by atoms with Crippen molar-refractivity contribution in [3.63, 3.8) is 0 Å². The van der Waals surface area contributed by atoms with E-state index in [-0.39, 0.29) is 0 Å². The van der Waals surface area contributed by atoms with E-state index in [4.69, 9.17) is 5.84 Å². The van der Waals surface area contributed by atoms with Crippen molar-refractivity contribution in [2.75, 3.05) is 0 Å². The summed E-state index contributed by atoms with van der Waals surface area (Å²) in [4.78, 5) is 0. The Balaban J connectivity index is 2.25. The summed E-state index contributed by atoms with van der Waals surface area (Å²) < 4.78 is 0. The van der Waals surface area contributed by atoms with Crippen molar-refractivity contribution in [1.29, 1.82) is 0 Å². The van der Waals surface area contributed by atoms with Gasteiger partial charge in [-0.1, -0.05) is 46.5 Å². The smallest absolute Gasteiger partial charge is 0.0238 e. The maximum Gasteiger partial charge on any atom is 0.0238 e. The molecule has 1 rings (SSSR count). The zero-order valence-corrected chi connectivity index (χ0v) is 11.3. The molecule has 1 saturated carbocycles. The maximum absolute atomic E-state index is 5.71. The number of hydrazine groups is 1. The van der Waals surface area contributed by atoms with Gasteiger partial charge in [0.1, 0.15) is 0 Å². The molecule has 0 saturated heterocycles. The van der Waals surface area contributed by atoms with E-state index in [0.29, 0.717) is 6.04 Å². The second-order valence-corrected chi connectivity index (χ2v) is 5.95. The predicted molar refractivity (Wildman–Crippen MR) is 70.9 cm³/mol. The molecule has 0 bridgehead atoms. The normalized spacial score (nSPS) is 27.6. The van der Waals surface area contributed by atoms with Crippen molar-refractivity contribution < 1.29 is 0 Å². The highest BCUT2D eigenvalue weighted by molar-refractivity contribution is 4.83. The van der Waals surface area contributed by atoms with E-state index in [9.17, 15) is 0 Å². The number of hydrogen-bond donors (Lipinski definition) is 2. The zero-order chi connectivity index (χ0) is 12.0. The van der Waals surface area contributed by atoms with Crippen LogP contribution in [0.1, 0.15) is 65.7 Å². The van der Waals surface area contributed by atoms with Gasteiger partial charge in [0.05, 0.1) is 0 Å². The van der Waals surface area contributed by atoms with E-state index >= 15 is 0 Å². The third-order valence-corrected chi connectivity index (χ3v) is 4.24. The fraction of sp³-hybridized carbons (Fsp3) is 1.00. The van der Waals surface area contributed by atoms with Gasteiger partial charge in [0.25, 0.3) is 0 Å². The van der Waals surface area contributed by atoms with E-state index in [1.54, 1.807) is 0 Å². The molecule has 0 aliphatic heterocycles. The van der Waals surface area contributed by atoms with Crippen LogP contribution in [0.2, 0.25) is 0 Å². The molecule has 3 unspecified atom stereocenters. The fourth-order valence-electron chi connectivity index (χ4n) is 3.05. The Hall–Kier alpha value is -0.0800. The minimum absolute atomic E-state index is 0.565. The molecular formula is C14H30N2. The molecule has 1 aliphatic carbocycles. The highest BCUT2D eigenvalue weighted by Crippen LogP contribution is 2.36. The largest absolute Gasteiger partial charge is 0.271 e. The average molecular weight is 226 g/mol. The van der Waals surface area contributed by atoms with E-state index in [2.05, 4.69) is 26.2 Å². The molecule has 0 heterocycles. The Kier molecular flexibility index (Phi) is 6.37. The van der Waals surface area contributed by atoms with Crippen molar-refractivity contribution in [3.8, 4) is 0 Å². The molecule has 0 spiro atoms. The van der Waals surface area contributed by atoms with Crippen LogP contribution in [0.15, 0.2) is 0 Å². The Morgan fingerprint density at radius 2 is 2.00 bits per heavy atom. The van der Waals surface area contributed by atoms with Crippen LogP contribution in [0.5, 0.6) is 0 Å². The van der Waals surface area contributed by atoms with E-state index in [1.807, 2.05) is 0 Å². The lowest BCUT2D eigenvalue weighted by molar-refractivity contribution is 0.319. The van der Waals surface area contributed by atoms with Crippen LogP contribution < -0.4 is 11.3 Å². The van der Waals surface area contributed by atoms with Crippen molar-refractivity contribution in [1.82, 2.24) is 5.43 Å². The Labute approximate surface area is 101 Å². The molecule has 16 heavy (non-hydrogen) atoms. The number of rotatable bonds is 7. The Morgan fingerprint density at radius 3 is 2.50 bits per heavy atom. The van der Waals surface area contributed by atoms with Crippen LogP contribution in [0, 0.1) is 17.8 Å². The third kappa shape index (κ3) is 4.42. The standard InChI is InChI=1S/C14H30N2/c1-4-12-8-9-13(10-12)14(16-15)7-5-6-11(2)3/h11-14,16H,4-10,15H2,1-3H3. The molecule has 0 radical (unpaired) electrons. The molecule has 2 heteroatoms. The SMILES string of the molecule is CCC1CCC(C(CCCC(C)C)NN)C1. The van der Waals surface area contributed by atoms with Gasteiger partial charge < -0.3 is 0 Å². The van der Waals surface area contributed by atoms with Gasteiger partial charge in [0.2, 0.25) is 0 Å². The molecule has 0 aromatic heterocycles. The lowest BCUT2D eigenvalue weighted by Gasteiger charge is -2.23. The van der Waals surface area contributed by atoms with E-state index < -0.39 is 0 Å². The number of hydrogen-bond acceptors (Lipinski definition) is 2. The summed E-state index contributed by atoms with van der Waals surface area (Å²) in [6.45, 7) is 6.91. The molecule has 1 aliphatic rings. The van der Waals surface area contributed by atoms with Gasteiger partial charge in [-0.05, 0) is 37.0 Å². The zero-order valence-electron chi connectivity index (χ0n) is 11.3. The van der Waals surface area contributed by atoms with Gasteiger partial charge in [-0.3, -0.25) is 11.3 Å². The minimum atomic E-state index is 0.565. The highest BCUT2D eigenvalue weighted by atomic mass is 15.2. The third-order valence-electron chi connectivity index (χ3n) is 4.24. The summed E-state index contributed by atoms with van der Waals surface area (Å²) in [7, 11) is 0. The summed E-state index contributed by atoms with van der Waals surface area (Å²) in [6, 6.07) is 0.565. The summed E-state index contributed by atoms with van der Waals surface area (Å²) in [5.41, 5.74) is 3.06. The topological polar surface area (TPSA) is 38.0 Å². The highest BCUT2D eigenvalue weighted by Gasteiger charge is 2.28. The van der Waals surface area contributed by atoms with Crippen LogP contribution in [0.3, 0.4) is 0 Å². The first-order chi connectivity index (χ1) is 7.67. The molecule has 0 aromatic rings. The first kappa shape index (κ1) is 14.0. The molecule has 0 aromatic carbocycles. The summed E-state index contributed by atoms with van der Waals surface area (Å²) in [5, 5.41) is 0. The fourth-order valence-corrected chi connectivity index (χ4v) is 3.05. The first-order valence-corrected chi connectivity index (χ1v) is 7.13. The summed E-state index contributed by atoms with van der Waals surface area (Å²) in [6.07, 6.45) is 9.46. The number of nitrogens with one attached hydrogen (secondary N) is 1. The Morgan fingerprint density at radius 1 is 1.25 bits per heavy atom. The molecular weight excluding hydrogens is 196 g/mol. The molecule has 0 amide bonds. The molecule has 96 valence electrons. The van der Waals surface area contributed by atoms with Crippen LogP contribution >= 0.6 is 0 Å². The molecule has 2 nitrogen and oxygen atoms in total. The molecule has 1 fully saturated rings. The number of nitrogens with two attached hydrogens (primary N) is 1. The van der Waals surface area contributed by atoms with Gasteiger partial charge in [0.15, 0.2) is 0 Å². The quantitative estimate of drug-likeness (QED) is 0.515. The van der Waals surface area contributed by atoms with Gasteiger partial charge in [0, 0.05) is 6.04 Å². The van der Waals surface area contributed by atoms with Crippen LogP contribution in [-0.2, 0) is 0 Å². The van der Waals surface area contributed by atoms with E-state index in [0.717, 1.165) is 17.8 Å². The van der Waals surface area contributed by atoms with Crippen LogP contribution in [-0.4, -0.2) is 6.04 Å². The second-order valence-electron chi connectivity index (χ2n) is 5.95. The van der Waals surface area contributed by atoms with Gasteiger partial charge in [-0.25, -0.2) is 0 Å². The van der Waals surface area contributed by atoms with Crippen LogP contribution in [0.25, 0.3) is 0 Å². The van der Waals surface area contributed by atoms with Gasteiger partial charge in [-0.2, -0.15) is 0 Å². The van der Waals surface area contributed by atoms with Crippen molar-refractivity contribution >= 4 is 0 Å². The summed E-state index contributed by atoms with van der Waals surface area (Å²) >= 11 is 0. The second kappa shape index (κ2) is 7.29. The Bertz CT molecular complexity index is 180. The predicted octanol–water partition coefficient (Wildman–Crippen LogP) is 3.47. The monoisotopic (exact) mass is 226 g/mol. The molecule has 3 N–H and O–H groups in total. The van der Waals surface area contributed by atoms with Crippen molar-refractivity contribution in [3.05, 3.63) is 0 Å². The van der Waals surface area contributed by atoms with E-state index in [1.165, 1.54) is 44.9 Å². The van der Waals surface area contributed by atoms with Crippen molar-refractivity contribution in [2.45, 2.75) is 71.8 Å². The maximum atomic E-state index is 5.71. The van der Waals surface area contributed by atoms with Crippen molar-refractivity contribution in [2.24, 2.45) is 23.6 Å². The van der Waals surface area contributed by atoms with Crippen LogP contribution in [0.4, 0.5) is 0 Å². The van der Waals surface area contributed by atoms with Gasteiger partial charge in [-0.15, -0.1) is 0 Å². The lowest BCUT2D eigenvalue weighted by Crippen LogP contribution is -2.40. The average Bonchev–Trinajstić information content (AvgIpc) is 2.72. The minimum Gasteiger partial charge on any atom is -0.271 e. The lowest BCUT2D eigenvalue weighted by atomic mass is 9.91. The summed E-state index contributed by atoms with van der Waals surface area (Å²) in [5.74, 6) is 8.33.